The number of hydrogen-bond acceptors (Lipinski definition) is 2. The SMILES string of the molecule is O=C(O)Cn1c(C(F)(F)F)nc2cc(F)c(F)cc21. The third kappa shape index (κ3) is 2.35. The topological polar surface area (TPSA) is 55.1 Å². The quantitative estimate of drug-likeness (QED) is 0.859. The standard InChI is InChI=1S/C10H5F5N2O2/c11-4-1-6-7(2-5(4)12)17(3-8(18)19)9(16-6)10(13,14)15/h1-2H,3H2,(H,18,19). The second-order valence-electron chi connectivity index (χ2n) is 3.67. The first-order chi connectivity index (χ1) is 8.70. The van der Waals surface area contributed by atoms with Crippen molar-refractivity contribution in [3.63, 3.8) is 0 Å². The van der Waals surface area contributed by atoms with Crippen LogP contribution in [-0.4, -0.2) is 20.6 Å². The molecule has 1 N–H and O–H groups in total. The molecule has 0 amide bonds. The van der Waals surface area contributed by atoms with Crippen LogP contribution in [0.5, 0.6) is 0 Å². The number of aliphatic carboxylic acids is 1. The number of carboxylic acid groups (broad SMARTS) is 1. The van der Waals surface area contributed by atoms with E-state index in [9.17, 15) is 26.7 Å². The molecule has 0 saturated heterocycles. The van der Waals surface area contributed by atoms with Gasteiger partial charge in [0.1, 0.15) is 6.54 Å². The molecule has 0 bridgehead atoms. The van der Waals surface area contributed by atoms with E-state index in [1.165, 1.54) is 0 Å². The molecular weight excluding hydrogens is 275 g/mol. The van der Waals surface area contributed by atoms with Crippen molar-refractivity contribution in [3.8, 4) is 0 Å². The van der Waals surface area contributed by atoms with Gasteiger partial charge in [0.05, 0.1) is 11.0 Å². The number of imidazole rings is 1. The Morgan fingerprint density at radius 1 is 1.26 bits per heavy atom. The zero-order valence-corrected chi connectivity index (χ0v) is 9.00. The van der Waals surface area contributed by atoms with Gasteiger partial charge in [-0.25, -0.2) is 13.8 Å². The molecule has 0 fully saturated rings. The molecule has 2 aromatic rings. The fourth-order valence-corrected chi connectivity index (χ4v) is 1.63. The Labute approximate surface area is 102 Å². The number of carbonyl (C=O) groups is 1. The Morgan fingerprint density at radius 2 is 1.84 bits per heavy atom. The Hall–Kier alpha value is -2.19. The number of benzene rings is 1. The first kappa shape index (κ1) is 13.2. The van der Waals surface area contributed by atoms with Crippen LogP contribution in [0.15, 0.2) is 12.1 Å². The zero-order chi connectivity index (χ0) is 14.4. The molecule has 0 spiro atoms. The molecule has 1 heterocycles. The average Bonchev–Trinajstić information content (AvgIpc) is 2.57. The first-order valence-corrected chi connectivity index (χ1v) is 4.84. The maximum atomic E-state index is 13.0. The number of hydrogen-bond donors (Lipinski definition) is 1. The lowest BCUT2D eigenvalue weighted by Gasteiger charge is -2.08. The van der Waals surface area contributed by atoms with E-state index < -0.39 is 47.2 Å². The molecular formula is C10H5F5N2O2. The predicted molar refractivity (Wildman–Crippen MR) is 52.3 cm³/mol. The van der Waals surface area contributed by atoms with Crippen molar-refractivity contribution in [3.05, 3.63) is 29.6 Å². The Bertz CT molecular complexity index is 662. The highest BCUT2D eigenvalue weighted by Gasteiger charge is 2.38. The van der Waals surface area contributed by atoms with Crippen molar-refractivity contribution in [1.29, 1.82) is 0 Å². The summed E-state index contributed by atoms with van der Waals surface area (Å²) >= 11 is 0. The van der Waals surface area contributed by atoms with Crippen LogP contribution in [0.25, 0.3) is 11.0 Å². The lowest BCUT2D eigenvalue weighted by atomic mass is 10.3. The van der Waals surface area contributed by atoms with Crippen LogP contribution >= 0.6 is 0 Å². The molecule has 2 rings (SSSR count). The van der Waals surface area contributed by atoms with Gasteiger partial charge < -0.3 is 9.67 Å². The number of aromatic nitrogens is 2. The van der Waals surface area contributed by atoms with Crippen LogP contribution in [0.2, 0.25) is 0 Å². The molecule has 1 aromatic heterocycles. The van der Waals surface area contributed by atoms with Gasteiger partial charge in [-0.15, -0.1) is 0 Å². The van der Waals surface area contributed by atoms with E-state index in [1.54, 1.807) is 0 Å². The molecule has 0 aliphatic rings. The van der Waals surface area contributed by atoms with Crippen molar-refractivity contribution in [2.24, 2.45) is 0 Å². The molecule has 102 valence electrons. The summed E-state index contributed by atoms with van der Waals surface area (Å²) in [5, 5.41) is 8.58. The van der Waals surface area contributed by atoms with Gasteiger partial charge in [-0.05, 0) is 0 Å². The van der Waals surface area contributed by atoms with E-state index in [4.69, 9.17) is 5.11 Å². The summed E-state index contributed by atoms with van der Waals surface area (Å²) in [4.78, 5) is 13.7. The van der Waals surface area contributed by atoms with Gasteiger partial charge >= 0.3 is 12.1 Å². The van der Waals surface area contributed by atoms with Crippen molar-refractivity contribution in [2.45, 2.75) is 12.7 Å². The summed E-state index contributed by atoms with van der Waals surface area (Å²) < 4.78 is 64.3. The fraction of sp³-hybridized carbons (Fsp3) is 0.200. The monoisotopic (exact) mass is 280 g/mol. The summed E-state index contributed by atoms with van der Waals surface area (Å²) in [5.41, 5.74) is -0.902. The van der Waals surface area contributed by atoms with E-state index in [-0.39, 0.29) is 4.57 Å². The van der Waals surface area contributed by atoms with Crippen LogP contribution < -0.4 is 0 Å². The van der Waals surface area contributed by atoms with E-state index >= 15 is 0 Å². The summed E-state index contributed by atoms with van der Waals surface area (Å²) in [5.74, 6) is -5.82. The molecule has 0 unspecified atom stereocenters. The number of alkyl halides is 3. The number of carboxylic acids is 1. The molecule has 0 aliphatic heterocycles. The van der Waals surface area contributed by atoms with Gasteiger partial charge in [0.25, 0.3) is 0 Å². The Morgan fingerprint density at radius 3 is 2.37 bits per heavy atom. The van der Waals surface area contributed by atoms with Crippen molar-refractivity contribution in [1.82, 2.24) is 9.55 Å². The minimum atomic E-state index is -4.93. The maximum Gasteiger partial charge on any atom is 0.449 e. The van der Waals surface area contributed by atoms with Gasteiger partial charge in [0.15, 0.2) is 11.6 Å². The number of fused-ring (bicyclic) bond motifs is 1. The molecule has 0 saturated carbocycles. The van der Waals surface area contributed by atoms with Crippen LogP contribution in [-0.2, 0) is 17.5 Å². The Kier molecular flexibility index (Phi) is 2.91. The van der Waals surface area contributed by atoms with E-state index in [1.807, 2.05) is 0 Å². The molecule has 9 heteroatoms. The van der Waals surface area contributed by atoms with Crippen LogP contribution in [0, 0.1) is 11.6 Å². The van der Waals surface area contributed by atoms with Crippen LogP contribution in [0.1, 0.15) is 5.82 Å². The summed E-state index contributed by atoms with van der Waals surface area (Å²) in [6.07, 6.45) is -4.93. The molecule has 4 nitrogen and oxygen atoms in total. The molecule has 0 radical (unpaired) electrons. The second-order valence-corrected chi connectivity index (χ2v) is 3.67. The van der Waals surface area contributed by atoms with Crippen LogP contribution in [0.3, 0.4) is 0 Å². The largest absolute Gasteiger partial charge is 0.480 e. The summed E-state index contributed by atoms with van der Waals surface area (Å²) in [7, 11) is 0. The lowest BCUT2D eigenvalue weighted by molar-refractivity contribution is -0.148. The highest BCUT2D eigenvalue weighted by Crippen LogP contribution is 2.32. The van der Waals surface area contributed by atoms with Crippen molar-refractivity contribution < 1.29 is 31.9 Å². The zero-order valence-electron chi connectivity index (χ0n) is 9.00. The number of rotatable bonds is 2. The summed E-state index contributed by atoms with van der Waals surface area (Å²) in [6.45, 7) is -1.06. The summed E-state index contributed by atoms with van der Waals surface area (Å²) in [6, 6.07) is 0.966. The minimum absolute atomic E-state index is 0.278. The number of nitrogens with zero attached hydrogens (tertiary/aromatic N) is 2. The maximum absolute atomic E-state index is 13.0. The Balaban J connectivity index is 2.77. The molecule has 0 atom stereocenters. The van der Waals surface area contributed by atoms with Crippen LogP contribution in [0.4, 0.5) is 22.0 Å². The second kappa shape index (κ2) is 4.18. The van der Waals surface area contributed by atoms with Gasteiger partial charge in [0, 0.05) is 12.1 Å². The van der Waals surface area contributed by atoms with Gasteiger partial charge in [0.2, 0.25) is 5.82 Å². The number of halogens is 5. The smallest absolute Gasteiger partial charge is 0.449 e. The van der Waals surface area contributed by atoms with E-state index in [2.05, 4.69) is 4.98 Å². The predicted octanol–water partition coefficient (Wildman–Crippen LogP) is 2.42. The highest BCUT2D eigenvalue weighted by molar-refractivity contribution is 5.78. The first-order valence-electron chi connectivity index (χ1n) is 4.84. The molecule has 0 aliphatic carbocycles. The van der Waals surface area contributed by atoms with Gasteiger partial charge in [-0.1, -0.05) is 0 Å². The third-order valence-electron chi connectivity index (χ3n) is 2.34. The third-order valence-corrected chi connectivity index (χ3v) is 2.34. The van der Waals surface area contributed by atoms with E-state index in [0.29, 0.717) is 12.1 Å². The molecule has 19 heavy (non-hydrogen) atoms. The molecule has 1 aromatic carbocycles. The van der Waals surface area contributed by atoms with Crippen molar-refractivity contribution in [2.75, 3.05) is 0 Å². The van der Waals surface area contributed by atoms with Gasteiger partial charge in [-0.2, -0.15) is 13.2 Å². The van der Waals surface area contributed by atoms with E-state index in [0.717, 1.165) is 0 Å². The average molecular weight is 280 g/mol. The lowest BCUT2D eigenvalue weighted by Crippen LogP contribution is -2.18. The highest BCUT2D eigenvalue weighted by atomic mass is 19.4. The fourth-order valence-electron chi connectivity index (χ4n) is 1.63. The normalized spacial score (nSPS) is 12.1. The van der Waals surface area contributed by atoms with Crippen molar-refractivity contribution >= 4 is 17.0 Å². The minimum Gasteiger partial charge on any atom is -0.480 e. The van der Waals surface area contributed by atoms with Gasteiger partial charge in [-0.3, -0.25) is 4.79 Å².